The number of nitrogens with one attached hydrogen (secondary N) is 1. The summed E-state index contributed by atoms with van der Waals surface area (Å²) in [6.07, 6.45) is 0. The number of nitrogens with zero attached hydrogens (tertiary/aromatic N) is 1. The number of thiophene rings is 1. The van der Waals surface area contributed by atoms with E-state index in [1.807, 2.05) is 0 Å². The Hall–Kier alpha value is -0.680. The smallest absolute Gasteiger partial charge is 0.0303 e. The summed E-state index contributed by atoms with van der Waals surface area (Å²) in [6.45, 7) is 9.53. The molecule has 0 radical (unpaired) electrons. The summed E-state index contributed by atoms with van der Waals surface area (Å²) in [5.74, 6) is 0. The minimum Gasteiger partial charge on any atom is -0.308 e. The van der Waals surface area contributed by atoms with Crippen LogP contribution >= 0.6 is 27.3 Å². The number of halogens is 1. The highest BCUT2D eigenvalue weighted by Gasteiger charge is 2.06. The highest BCUT2D eigenvalue weighted by Crippen LogP contribution is 2.19. The Balaban J connectivity index is 1.93. The molecule has 1 heterocycles. The lowest BCUT2D eigenvalue weighted by molar-refractivity contribution is 0.294. The lowest BCUT2D eigenvalue weighted by Crippen LogP contribution is -2.23. The molecule has 0 unspecified atom stereocenters. The molecule has 114 valence electrons. The monoisotopic (exact) mass is 366 g/mol. The Morgan fingerprint density at radius 3 is 2.43 bits per heavy atom. The Bertz CT molecular complexity index is 549. The molecule has 0 aliphatic heterocycles. The molecule has 0 amide bonds. The van der Waals surface area contributed by atoms with Crippen LogP contribution in [0.15, 0.2) is 40.2 Å². The molecule has 0 saturated heterocycles. The molecular formula is C17H23BrN2S. The number of benzene rings is 1. The lowest BCUT2D eigenvalue weighted by atomic mass is 10.1. The van der Waals surface area contributed by atoms with E-state index in [0.29, 0.717) is 0 Å². The fourth-order valence-corrected chi connectivity index (χ4v) is 3.76. The zero-order chi connectivity index (χ0) is 15.1. The van der Waals surface area contributed by atoms with E-state index in [9.17, 15) is 0 Å². The maximum Gasteiger partial charge on any atom is 0.0303 e. The van der Waals surface area contributed by atoms with Gasteiger partial charge in [-0.15, -0.1) is 11.3 Å². The Kier molecular flexibility index (Phi) is 6.90. The summed E-state index contributed by atoms with van der Waals surface area (Å²) < 4.78 is 1.17. The van der Waals surface area contributed by atoms with Crippen LogP contribution in [-0.4, -0.2) is 18.0 Å². The summed E-state index contributed by atoms with van der Waals surface area (Å²) >= 11 is 5.29. The SMILES string of the molecule is CCN(CC)Cc1ccccc1CNCc1cc(Br)cs1. The third kappa shape index (κ3) is 5.22. The first-order chi connectivity index (χ1) is 10.2. The molecule has 0 atom stereocenters. The molecule has 0 fully saturated rings. The van der Waals surface area contributed by atoms with Crippen LogP contribution < -0.4 is 5.32 Å². The van der Waals surface area contributed by atoms with Crippen molar-refractivity contribution in [1.82, 2.24) is 10.2 Å². The normalized spacial score (nSPS) is 11.2. The molecular weight excluding hydrogens is 344 g/mol. The largest absolute Gasteiger partial charge is 0.308 e. The maximum absolute atomic E-state index is 3.55. The maximum atomic E-state index is 3.55. The van der Waals surface area contributed by atoms with Gasteiger partial charge in [0.05, 0.1) is 0 Å². The van der Waals surface area contributed by atoms with Gasteiger partial charge in [-0.05, 0) is 46.2 Å². The Morgan fingerprint density at radius 2 is 1.81 bits per heavy atom. The van der Waals surface area contributed by atoms with E-state index in [4.69, 9.17) is 0 Å². The molecule has 1 N–H and O–H groups in total. The van der Waals surface area contributed by atoms with Crippen molar-refractivity contribution in [2.75, 3.05) is 13.1 Å². The van der Waals surface area contributed by atoms with Gasteiger partial charge in [0.2, 0.25) is 0 Å². The van der Waals surface area contributed by atoms with Gasteiger partial charge in [0, 0.05) is 34.4 Å². The van der Waals surface area contributed by atoms with Gasteiger partial charge < -0.3 is 5.32 Å². The topological polar surface area (TPSA) is 15.3 Å². The molecule has 0 spiro atoms. The van der Waals surface area contributed by atoms with E-state index in [0.717, 1.165) is 32.7 Å². The first-order valence-electron chi connectivity index (χ1n) is 7.45. The van der Waals surface area contributed by atoms with Gasteiger partial charge in [-0.1, -0.05) is 38.1 Å². The van der Waals surface area contributed by atoms with Crippen molar-refractivity contribution in [2.45, 2.75) is 33.5 Å². The summed E-state index contributed by atoms with van der Waals surface area (Å²) in [5.41, 5.74) is 2.83. The van der Waals surface area contributed by atoms with E-state index < -0.39 is 0 Å². The zero-order valence-electron chi connectivity index (χ0n) is 12.7. The Labute approximate surface area is 140 Å². The van der Waals surface area contributed by atoms with Crippen molar-refractivity contribution < 1.29 is 0 Å². The van der Waals surface area contributed by atoms with Crippen LogP contribution in [0.25, 0.3) is 0 Å². The van der Waals surface area contributed by atoms with E-state index >= 15 is 0 Å². The fraction of sp³-hybridized carbons (Fsp3) is 0.412. The summed E-state index contributed by atoms with van der Waals surface area (Å²) in [5, 5.41) is 5.68. The quantitative estimate of drug-likeness (QED) is 0.731. The number of hydrogen-bond donors (Lipinski definition) is 1. The van der Waals surface area contributed by atoms with Crippen molar-refractivity contribution in [2.24, 2.45) is 0 Å². The van der Waals surface area contributed by atoms with Crippen molar-refractivity contribution in [1.29, 1.82) is 0 Å². The predicted octanol–water partition coefficient (Wildman–Crippen LogP) is 4.64. The van der Waals surface area contributed by atoms with Crippen LogP contribution in [0.2, 0.25) is 0 Å². The van der Waals surface area contributed by atoms with Crippen molar-refractivity contribution in [3.05, 3.63) is 56.2 Å². The second-order valence-corrected chi connectivity index (χ2v) is 6.98. The Morgan fingerprint density at radius 1 is 1.10 bits per heavy atom. The van der Waals surface area contributed by atoms with E-state index in [-0.39, 0.29) is 0 Å². The molecule has 1 aromatic carbocycles. The summed E-state index contributed by atoms with van der Waals surface area (Å²) in [4.78, 5) is 3.82. The minimum absolute atomic E-state index is 0.924. The molecule has 0 aliphatic carbocycles. The van der Waals surface area contributed by atoms with Crippen LogP contribution in [0, 0.1) is 0 Å². The van der Waals surface area contributed by atoms with Gasteiger partial charge in [0.1, 0.15) is 0 Å². The molecule has 0 saturated carbocycles. The molecule has 4 heteroatoms. The summed E-state index contributed by atoms with van der Waals surface area (Å²) in [7, 11) is 0. The van der Waals surface area contributed by atoms with Crippen LogP contribution in [0.4, 0.5) is 0 Å². The van der Waals surface area contributed by atoms with Crippen LogP contribution in [0.1, 0.15) is 29.9 Å². The third-order valence-corrected chi connectivity index (χ3v) is 5.34. The van der Waals surface area contributed by atoms with Gasteiger partial charge >= 0.3 is 0 Å². The average Bonchev–Trinajstić information content (AvgIpc) is 2.91. The molecule has 0 aliphatic rings. The van der Waals surface area contributed by atoms with Crippen LogP contribution in [-0.2, 0) is 19.6 Å². The van der Waals surface area contributed by atoms with E-state index in [1.165, 1.54) is 20.5 Å². The van der Waals surface area contributed by atoms with Gasteiger partial charge in [-0.3, -0.25) is 4.90 Å². The molecule has 21 heavy (non-hydrogen) atoms. The van der Waals surface area contributed by atoms with Crippen LogP contribution in [0.3, 0.4) is 0 Å². The highest BCUT2D eigenvalue weighted by molar-refractivity contribution is 9.10. The standard InChI is InChI=1S/C17H23BrN2S/c1-3-20(4-2)12-15-8-6-5-7-14(15)10-19-11-17-9-16(18)13-21-17/h5-9,13,19H,3-4,10-12H2,1-2H3. The summed E-state index contributed by atoms with van der Waals surface area (Å²) in [6, 6.07) is 10.9. The second kappa shape index (κ2) is 8.69. The van der Waals surface area contributed by atoms with E-state index in [1.54, 1.807) is 11.3 Å². The number of rotatable bonds is 8. The molecule has 2 rings (SSSR count). The van der Waals surface area contributed by atoms with Gasteiger partial charge in [0.15, 0.2) is 0 Å². The van der Waals surface area contributed by atoms with Crippen LogP contribution in [0.5, 0.6) is 0 Å². The first kappa shape index (κ1) is 16.7. The minimum atomic E-state index is 0.924. The van der Waals surface area contributed by atoms with Gasteiger partial charge in [0.25, 0.3) is 0 Å². The number of hydrogen-bond acceptors (Lipinski definition) is 3. The second-order valence-electron chi connectivity index (χ2n) is 5.06. The van der Waals surface area contributed by atoms with Crippen molar-refractivity contribution >= 4 is 27.3 Å². The fourth-order valence-electron chi connectivity index (χ4n) is 2.34. The molecule has 2 aromatic rings. The van der Waals surface area contributed by atoms with Gasteiger partial charge in [-0.2, -0.15) is 0 Å². The lowest BCUT2D eigenvalue weighted by Gasteiger charge is -2.20. The first-order valence-corrected chi connectivity index (χ1v) is 9.13. The molecule has 2 nitrogen and oxygen atoms in total. The third-order valence-electron chi connectivity index (χ3n) is 3.64. The average molecular weight is 367 g/mol. The van der Waals surface area contributed by atoms with Crippen molar-refractivity contribution in [3.63, 3.8) is 0 Å². The zero-order valence-corrected chi connectivity index (χ0v) is 15.1. The van der Waals surface area contributed by atoms with E-state index in [2.05, 4.69) is 75.7 Å². The van der Waals surface area contributed by atoms with Gasteiger partial charge in [-0.25, -0.2) is 0 Å². The highest BCUT2D eigenvalue weighted by atomic mass is 79.9. The molecule has 0 bridgehead atoms. The molecule has 1 aromatic heterocycles. The van der Waals surface area contributed by atoms with Crippen molar-refractivity contribution in [3.8, 4) is 0 Å². The predicted molar refractivity (Wildman–Crippen MR) is 95.6 cm³/mol.